The molecule has 1 aliphatic rings. The molecule has 0 radical (unpaired) electrons. The monoisotopic (exact) mass is 332 g/mol. The van der Waals surface area contributed by atoms with Crippen LogP contribution in [0.25, 0.3) is 0 Å². The average Bonchev–Trinajstić information content (AvgIpc) is 3.13. The van der Waals surface area contributed by atoms with E-state index in [-0.39, 0.29) is 4.90 Å². The first-order valence-corrected chi connectivity index (χ1v) is 9.99. The molecule has 1 aromatic rings. The van der Waals surface area contributed by atoms with E-state index < -0.39 is 10.0 Å². The minimum absolute atomic E-state index is 0.251. The molecule has 120 valence electrons. The van der Waals surface area contributed by atoms with E-state index in [2.05, 4.69) is 22.1 Å². The molecule has 2 N–H and O–H groups in total. The third kappa shape index (κ3) is 5.28. The fourth-order valence-corrected chi connectivity index (χ4v) is 4.53. The molecule has 2 heterocycles. The van der Waals surface area contributed by atoms with Crippen LogP contribution >= 0.6 is 11.8 Å². The van der Waals surface area contributed by atoms with E-state index in [9.17, 15) is 8.42 Å². The molecule has 1 aromatic heterocycles. The molecular formula is C13H24N4O2S2. The van der Waals surface area contributed by atoms with Crippen LogP contribution in [0.4, 0.5) is 0 Å². The summed E-state index contributed by atoms with van der Waals surface area (Å²) in [5.74, 6) is 1.13. The van der Waals surface area contributed by atoms with Crippen molar-refractivity contribution in [3.05, 3.63) is 12.4 Å². The van der Waals surface area contributed by atoms with Crippen LogP contribution in [0.1, 0.15) is 26.2 Å². The number of hydrogen-bond donors (Lipinski definition) is 2. The summed E-state index contributed by atoms with van der Waals surface area (Å²) < 4.78 is 28.7. The lowest BCUT2D eigenvalue weighted by Gasteiger charge is -2.09. The van der Waals surface area contributed by atoms with Gasteiger partial charge in [0.15, 0.2) is 0 Å². The van der Waals surface area contributed by atoms with Crippen LogP contribution in [0.15, 0.2) is 17.3 Å². The molecule has 0 amide bonds. The lowest BCUT2D eigenvalue weighted by atomic mass is 10.2. The van der Waals surface area contributed by atoms with Gasteiger partial charge in [-0.3, -0.25) is 4.68 Å². The van der Waals surface area contributed by atoms with Gasteiger partial charge in [-0.25, -0.2) is 13.1 Å². The van der Waals surface area contributed by atoms with Gasteiger partial charge in [0.2, 0.25) is 10.0 Å². The van der Waals surface area contributed by atoms with E-state index in [0.29, 0.717) is 18.3 Å². The number of thioether (sulfide) groups is 1. The highest BCUT2D eigenvalue weighted by atomic mass is 32.2. The Morgan fingerprint density at radius 2 is 2.33 bits per heavy atom. The van der Waals surface area contributed by atoms with Crippen LogP contribution in [0.2, 0.25) is 0 Å². The molecule has 0 bridgehead atoms. The zero-order valence-corrected chi connectivity index (χ0v) is 14.0. The van der Waals surface area contributed by atoms with Crippen molar-refractivity contribution in [3.63, 3.8) is 0 Å². The molecule has 0 spiro atoms. The van der Waals surface area contributed by atoms with Crippen LogP contribution in [0.5, 0.6) is 0 Å². The normalized spacial score (nSPS) is 19.2. The zero-order chi connectivity index (χ0) is 15.1. The van der Waals surface area contributed by atoms with Crippen molar-refractivity contribution in [2.75, 3.05) is 25.4 Å². The molecule has 0 aromatic carbocycles. The molecule has 1 fully saturated rings. The Kier molecular flexibility index (Phi) is 6.53. The number of hydrogen-bond acceptors (Lipinski definition) is 5. The first-order valence-electron chi connectivity index (χ1n) is 7.46. The van der Waals surface area contributed by atoms with Gasteiger partial charge >= 0.3 is 0 Å². The summed E-state index contributed by atoms with van der Waals surface area (Å²) in [4.78, 5) is 0.251. The highest BCUT2D eigenvalue weighted by Crippen LogP contribution is 2.25. The summed E-state index contributed by atoms with van der Waals surface area (Å²) >= 11 is 1.84. The van der Waals surface area contributed by atoms with E-state index in [0.717, 1.165) is 31.7 Å². The predicted octanol–water partition coefficient (Wildman–Crippen LogP) is 1.06. The topological polar surface area (TPSA) is 76.0 Å². The SMILES string of the molecule is CCCNCCn1cc(S(=O)(=O)NCC2CCCS2)cn1. The highest BCUT2D eigenvalue weighted by molar-refractivity contribution is 8.00. The molecule has 1 aliphatic heterocycles. The van der Waals surface area contributed by atoms with Gasteiger partial charge in [-0.2, -0.15) is 16.9 Å². The second-order valence-electron chi connectivity index (χ2n) is 5.18. The fourth-order valence-electron chi connectivity index (χ4n) is 2.19. The molecule has 0 aliphatic carbocycles. The maximum Gasteiger partial charge on any atom is 0.243 e. The summed E-state index contributed by atoms with van der Waals surface area (Å²) in [7, 11) is -3.43. The average molecular weight is 332 g/mol. The number of aromatic nitrogens is 2. The minimum atomic E-state index is -3.43. The van der Waals surface area contributed by atoms with E-state index in [4.69, 9.17) is 0 Å². The number of nitrogens with zero attached hydrogens (tertiary/aromatic N) is 2. The lowest BCUT2D eigenvalue weighted by Crippen LogP contribution is -2.29. The van der Waals surface area contributed by atoms with E-state index in [1.165, 1.54) is 12.6 Å². The van der Waals surface area contributed by atoms with Crippen LogP contribution in [0, 0.1) is 0 Å². The molecule has 21 heavy (non-hydrogen) atoms. The van der Waals surface area contributed by atoms with Crippen LogP contribution < -0.4 is 10.0 Å². The first kappa shape index (κ1) is 16.8. The molecule has 0 saturated carbocycles. The Labute approximate surface area is 131 Å². The van der Waals surface area contributed by atoms with Crippen LogP contribution in [0.3, 0.4) is 0 Å². The summed E-state index contributed by atoms with van der Waals surface area (Å²) in [6.45, 7) is 5.05. The molecule has 1 unspecified atom stereocenters. The second kappa shape index (κ2) is 8.17. The summed E-state index contributed by atoms with van der Waals surface area (Å²) in [6, 6.07) is 0. The van der Waals surface area contributed by atoms with Crippen molar-refractivity contribution in [2.24, 2.45) is 0 Å². The maximum absolute atomic E-state index is 12.2. The van der Waals surface area contributed by atoms with Crippen molar-refractivity contribution in [2.45, 2.75) is 42.9 Å². The van der Waals surface area contributed by atoms with Crippen molar-refractivity contribution >= 4 is 21.8 Å². The summed E-state index contributed by atoms with van der Waals surface area (Å²) in [6.07, 6.45) is 6.37. The van der Waals surface area contributed by atoms with Gasteiger partial charge in [0, 0.05) is 24.5 Å². The van der Waals surface area contributed by atoms with Crippen LogP contribution in [-0.4, -0.2) is 48.8 Å². The Morgan fingerprint density at radius 1 is 1.48 bits per heavy atom. The Hall–Kier alpha value is -0.570. The molecular weight excluding hydrogens is 308 g/mol. The third-order valence-electron chi connectivity index (χ3n) is 3.39. The van der Waals surface area contributed by atoms with Gasteiger partial charge < -0.3 is 5.32 Å². The van der Waals surface area contributed by atoms with Gasteiger partial charge in [-0.05, 0) is 31.6 Å². The maximum atomic E-state index is 12.2. The zero-order valence-electron chi connectivity index (χ0n) is 12.4. The van der Waals surface area contributed by atoms with E-state index in [1.54, 1.807) is 10.9 Å². The molecule has 2 rings (SSSR count). The molecule has 1 saturated heterocycles. The largest absolute Gasteiger partial charge is 0.315 e. The van der Waals surface area contributed by atoms with Gasteiger partial charge in [-0.1, -0.05) is 6.92 Å². The van der Waals surface area contributed by atoms with Crippen molar-refractivity contribution in [3.8, 4) is 0 Å². The fraction of sp³-hybridized carbons (Fsp3) is 0.769. The number of rotatable bonds is 9. The van der Waals surface area contributed by atoms with Gasteiger partial charge in [0.05, 0.1) is 12.7 Å². The second-order valence-corrected chi connectivity index (χ2v) is 8.35. The van der Waals surface area contributed by atoms with E-state index in [1.807, 2.05) is 11.8 Å². The Bertz CT molecular complexity index is 524. The summed E-state index contributed by atoms with van der Waals surface area (Å²) in [5, 5.41) is 7.79. The quantitative estimate of drug-likeness (QED) is 0.661. The highest BCUT2D eigenvalue weighted by Gasteiger charge is 2.21. The third-order valence-corrected chi connectivity index (χ3v) is 6.17. The first-order chi connectivity index (χ1) is 10.1. The van der Waals surface area contributed by atoms with Gasteiger partial charge in [0.25, 0.3) is 0 Å². The Morgan fingerprint density at radius 3 is 3.05 bits per heavy atom. The summed E-state index contributed by atoms with van der Waals surface area (Å²) in [5.41, 5.74) is 0. The van der Waals surface area contributed by atoms with Crippen molar-refractivity contribution < 1.29 is 8.42 Å². The minimum Gasteiger partial charge on any atom is -0.315 e. The van der Waals surface area contributed by atoms with Crippen molar-refractivity contribution in [1.82, 2.24) is 19.8 Å². The predicted molar refractivity (Wildman–Crippen MR) is 86.1 cm³/mol. The van der Waals surface area contributed by atoms with Crippen LogP contribution in [-0.2, 0) is 16.6 Å². The Balaban J connectivity index is 1.83. The smallest absolute Gasteiger partial charge is 0.243 e. The van der Waals surface area contributed by atoms with Crippen molar-refractivity contribution in [1.29, 1.82) is 0 Å². The van der Waals surface area contributed by atoms with Gasteiger partial charge in [-0.15, -0.1) is 0 Å². The lowest BCUT2D eigenvalue weighted by molar-refractivity contribution is 0.551. The van der Waals surface area contributed by atoms with Gasteiger partial charge in [0.1, 0.15) is 4.90 Å². The van der Waals surface area contributed by atoms with E-state index >= 15 is 0 Å². The number of sulfonamides is 1. The molecule has 8 heteroatoms. The number of nitrogens with one attached hydrogen (secondary N) is 2. The molecule has 6 nitrogen and oxygen atoms in total. The standard InChI is InChI=1S/C13H24N4O2S2/c1-2-5-14-6-7-17-11-13(10-15-17)21(18,19)16-9-12-4-3-8-20-12/h10-12,14,16H,2-9H2,1H3. The molecule has 1 atom stereocenters.